The van der Waals surface area contributed by atoms with E-state index in [1.165, 1.54) is 50.6 Å². The number of benzene rings is 1. The molecule has 0 spiro atoms. The molecule has 0 aliphatic rings. The third-order valence-electron chi connectivity index (χ3n) is 5.96. The van der Waals surface area contributed by atoms with E-state index in [1.807, 2.05) is 24.3 Å². The Labute approximate surface area is 235 Å². The van der Waals surface area contributed by atoms with Crippen LogP contribution in [-0.2, 0) is 17.8 Å². The molecular formula is C29H45IN2O4. The molecule has 36 heavy (non-hydrogen) atoms. The van der Waals surface area contributed by atoms with Gasteiger partial charge in [0.15, 0.2) is 30.0 Å². The molecule has 2 aromatic rings. The number of hydrogen-bond acceptors (Lipinski definition) is 4. The average molecular weight is 613 g/mol. The molecule has 202 valence electrons. The lowest BCUT2D eigenvalue weighted by Crippen LogP contribution is -3.00. The smallest absolute Gasteiger partial charge is 0.257 e. The van der Waals surface area contributed by atoms with Crippen LogP contribution < -0.4 is 48.1 Å². The van der Waals surface area contributed by atoms with Gasteiger partial charge in [-0.2, -0.15) is 0 Å². The van der Waals surface area contributed by atoms with Gasteiger partial charge in [0.2, 0.25) is 0 Å². The quantitative estimate of drug-likeness (QED) is 0.151. The zero-order valence-electron chi connectivity index (χ0n) is 22.4. The highest BCUT2D eigenvalue weighted by atomic mass is 127. The largest absolute Gasteiger partial charge is 1.00 e. The molecule has 0 fully saturated rings. The third kappa shape index (κ3) is 12.8. The second-order valence-electron chi connectivity index (χ2n) is 8.91. The molecule has 1 amide bonds. The van der Waals surface area contributed by atoms with E-state index in [9.17, 15) is 4.79 Å². The molecule has 1 aromatic heterocycles. The first-order valence-corrected chi connectivity index (χ1v) is 13.4. The van der Waals surface area contributed by atoms with Gasteiger partial charge in [0.25, 0.3) is 5.91 Å². The number of amides is 1. The molecule has 7 heteroatoms. The number of aryl methyl sites for hydroxylation is 1. The Bertz CT molecular complexity index is 863. The summed E-state index contributed by atoms with van der Waals surface area (Å²) in [5.74, 6) is 1.70. The average Bonchev–Trinajstić information content (AvgIpc) is 2.88. The summed E-state index contributed by atoms with van der Waals surface area (Å²) in [4.78, 5) is 12.3. The van der Waals surface area contributed by atoms with Crippen molar-refractivity contribution in [2.24, 2.45) is 0 Å². The van der Waals surface area contributed by atoms with Crippen LogP contribution in [0.4, 0.5) is 0 Å². The highest BCUT2D eigenvalue weighted by Gasteiger charge is 2.11. The van der Waals surface area contributed by atoms with Gasteiger partial charge in [0.1, 0.15) is 12.3 Å². The zero-order valence-corrected chi connectivity index (χ0v) is 24.6. The normalized spacial score (nSPS) is 10.4. The summed E-state index contributed by atoms with van der Waals surface area (Å²) in [5, 5.41) is 2.94. The Kier molecular flexibility index (Phi) is 17.8. The topological polar surface area (TPSA) is 60.7 Å². The summed E-state index contributed by atoms with van der Waals surface area (Å²) in [6, 6.07) is 11.6. The maximum atomic E-state index is 12.3. The second-order valence-corrected chi connectivity index (χ2v) is 8.91. The first-order valence-electron chi connectivity index (χ1n) is 13.4. The Balaban J connectivity index is 0.00000648. The number of unbranched alkanes of at least 4 members (excludes halogenated alkanes) is 7. The lowest BCUT2D eigenvalue weighted by atomic mass is 10.1. The number of nitrogens with zero attached hydrogens (tertiary/aromatic N) is 1. The number of pyridine rings is 1. The number of hydrogen-bond donors (Lipinski definition) is 1. The summed E-state index contributed by atoms with van der Waals surface area (Å²) in [7, 11) is 1.59. The molecule has 0 aliphatic carbocycles. The van der Waals surface area contributed by atoms with Crippen molar-refractivity contribution in [1.29, 1.82) is 0 Å². The van der Waals surface area contributed by atoms with Gasteiger partial charge in [0.05, 0.1) is 13.7 Å². The molecule has 0 saturated carbocycles. The Morgan fingerprint density at radius 1 is 0.889 bits per heavy atom. The van der Waals surface area contributed by atoms with Crippen LogP contribution >= 0.6 is 0 Å². The van der Waals surface area contributed by atoms with Gasteiger partial charge in [-0.25, -0.2) is 4.57 Å². The molecule has 6 nitrogen and oxygen atoms in total. The first-order chi connectivity index (χ1) is 17.2. The zero-order chi connectivity index (χ0) is 25.1. The Hall–Kier alpha value is -2.03. The molecule has 0 atom stereocenters. The van der Waals surface area contributed by atoms with Gasteiger partial charge >= 0.3 is 0 Å². The maximum absolute atomic E-state index is 12.3. The van der Waals surface area contributed by atoms with Crippen molar-refractivity contribution in [1.82, 2.24) is 5.32 Å². The van der Waals surface area contributed by atoms with Crippen LogP contribution in [0.2, 0.25) is 0 Å². The van der Waals surface area contributed by atoms with Crippen molar-refractivity contribution >= 4 is 5.91 Å². The monoisotopic (exact) mass is 612 g/mol. The third-order valence-corrected chi connectivity index (χ3v) is 5.96. The van der Waals surface area contributed by atoms with E-state index >= 15 is 0 Å². The fourth-order valence-corrected chi connectivity index (χ4v) is 4.00. The van der Waals surface area contributed by atoms with Gasteiger partial charge in [-0.15, -0.1) is 0 Å². The molecule has 0 radical (unpaired) electrons. The van der Waals surface area contributed by atoms with Crippen molar-refractivity contribution in [3.8, 4) is 17.2 Å². The number of carbonyl (C=O) groups is 1. The predicted molar refractivity (Wildman–Crippen MR) is 140 cm³/mol. The molecule has 0 saturated heterocycles. The molecule has 1 N–H and O–H groups in total. The van der Waals surface area contributed by atoms with E-state index in [1.54, 1.807) is 13.2 Å². The molecule has 0 unspecified atom stereocenters. The molecule has 0 aliphatic heterocycles. The van der Waals surface area contributed by atoms with E-state index in [0.29, 0.717) is 24.7 Å². The van der Waals surface area contributed by atoms with Crippen molar-refractivity contribution in [3.63, 3.8) is 0 Å². The van der Waals surface area contributed by atoms with Gasteiger partial charge in [-0.3, -0.25) is 4.79 Å². The predicted octanol–water partition coefficient (Wildman–Crippen LogP) is 2.65. The summed E-state index contributed by atoms with van der Waals surface area (Å²) in [5.41, 5.74) is 1.21. The van der Waals surface area contributed by atoms with E-state index in [4.69, 9.17) is 14.2 Å². The fourth-order valence-electron chi connectivity index (χ4n) is 4.00. The highest BCUT2D eigenvalue weighted by Crippen LogP contribution is 2.31. The minimum atomic E-state index is -0.153. The van der Waals surface area contributed by atoms with Crippen LogP contribution in [0.3, 0.4) is 0 Å². The lowest BCUT2D eigenvalue weighted by Gasteiger charge is -2.13. The van der Waals surface area contributed by atoms with E-state index < -0.39 is 0 Å². The van der Waals surface area contributed by atoms with Crippen LogP contribution in [0.1, 0.15) is 77.3 Å². The van der Waals surface area contributed by atoms with Gasteiger partial charge < -0.3 is 43.5 Å². The molecule has 1 heterocycles. The molecule has 2 rings (SSSR count). The van der Waals surface area contributed by atoms with Crippen LogP contribution in [0, 0.1) is 0 Å². The van der Waals surface area contributed by atoms with Gasteiger partial charge in [-0.05, 0) is 18.6 Å². The van der Waals surface area contributed by atoms with E-state index in [2.05, 4.69) is 36.0 Å². The lowest BCUT2D eigenvalue weighted by molar-refractivity contribution is -0.704. The van der Waals surface area contributed by atoms with E-state index in [-0.39, 0.29) is 36.5 Å². The number of rotatable bonds is 19. The summed E-state index contributed by atoms with van der Waals surface area (Å²) in [6.07, 6.45) is 14.1. The minimum absolute atomic E-state index is 0. The minimum Gasteiger partial charge on any atom is -1.00 e. The highest BCUT2D eigenvalue weighted by molar-refractivity contribution is 5.77. The number of halogens is 1. The number of carbonyl (C=O) groups excluding carboxylic acids is 1. The fraction of sp³-hybridized carbons (Fsp3) is 0.586. The van der Waals surface area contributed by atoms with Crippen molar-refractivity contribution in [2.75, 3.05) is 26.9 Å². The van der Waals surface area contributed by atoms with Crippen LogP contribution in [0.15, 0.2) is 42.6 Å². The molecule has 0 bridgehead atoms. The van der Waals surface area contributed by atoms with E-state index in [0.717, 1.165) is 31.6 Å². The van der Waals surface area contributed by atoms with Crippen LogP contribution in [0.25, 0.3) is 0 Å². The van der Waals surface area contributed by atoms with Crippen molar-refractivity contribution in [2.45, 2.75) is 84.6 Å². The molecular weight excluding hydrogens is 567 g/mol. The first kappa shape index (κ1) is 32.0. The Morgan fingerprint density at radius 2 is 1.64 bits per heavy atom. The Morgan fingerprint density at radius 3 is 2.36 bits per heavy atom. The van der Waals surface area contributed by atoms with Gasteiger partial charge in [0, 0.05) is 37.6 Å². The van der Waals surface area contributed by atoms with Gasteiger partial charge in [-0.1, -0.05) is 64.9 Å². The second kappa shape index (κ2) is 20.1. The number of nitrogens with one attached hydrogen (secondary N) is 1. The summed E-state index contributed by atoms with van der Waals surface area (Å²) < 4.78 is 19.3. The van der Waals surface area contributed by atoms with Crippen molar-refractivity contribution in [3.05, 3.63) is 48.3 Å². The SMILES string of the molecule is CCCCCCCCCCOc1ccc(OCC(=O)NCCc2cccc[n+]2CCC)c(OC)c1.[I-]. The summed E-state index contributed by atoms with van der Waals surface area (Å²) in [6.45, 7) is 6.59. The van der Waals surface area contributed by atoms with Crippen LogP contribution in [-0.4, -0.2) is 32.8 Å². The van der Waals surface area contributed by atoms with Crippen LogP contribution in [0.5, 0.6) is 17.2 Å². The number of ether oxygens (including phenoxy) is 3. The van der Waals surface area contributed by atoms with Crippen molar-refractivity contribution < 1.29 is 47.5 Å². The number of methoxy groups -OCH3 is 1. The maximum Gasteiger partial charge on any atom is 0.257 e. The summed E-state index contributed by atoms with van der Waals surface area (Å²) >= 11 is 0. The number of aromatic nitrogens is 1. The standard InChI is InChI=1S/C29H44N2O4.HI/c1-4-6-7-8-9-10-11-14-22-34-26-16-17-27(28(23-26)33-3)35-24-29(32)30-19-18-25-15-12-13-21-31(25)20-5-2;/h12-13,15-17,21,23H,4-11,14,18-20,22,24H2,1-3H3;1H. The molecule has 1 aromatic carbocycles.